The summed E-state index contributed by atoms with van der Waals surface area (Å²) in [5, 5.41) is 0. The van der Waals surface area contributed by atoms with E-state index in [2.05, 4.69) is 15.0 Å². The molecule has 4 rings (SSSR count). The number of carbonyl (C=O) groups is 1. The predicted octanol–water partition coefficient (Wildman–Crippen LogP) is 1.87. The van der Waals surface area contributed by atoms with Gasteiger partial charge in [0.2, 0.25) is 0 Å². The van der Waals surface area contributed by atoms with Gasteiger partial charge in [0.05, 0.1) is 6.20 Å². The maximum Gasteiger partial charge on any atom is 0.357 e. The average Bonchev–Trinajstić information content (AvgIpc) is 3.42. The van der Waals surface area contributed by atoms with Crippen LogP contribution in [0.15, 0.2) is 21.5 Å². The van der Waals surface area contributed by atoms with Crippen LogP contribution in [0, 0.1) is 0 Å². The second kappa shape index (κ2) is 5.08. The molecule has 2 aromatic heterocycles. The van der Waals surface area contributed by atoms with Gasteiger partial charge >= 0.3 is 5.97 Å². The van der Waals surface area contributed by atoms with Gasteiger partial charge in [0.1, 0.15) is 5.82 Å². The molecule has 0 radical (unpaired) electrons. The minimum absolute atomic E-state index is 0.00814. The van der Waals surface area contributed by atoms with E-state index in [9.17, 15) is 9.59 Å². The van der Waals surface area contributed by atoms with Crippen molar-refractivity contribution in [2.24, 2.45) is 0 Å². The normalized spacial score (nSPS) is 17.5. The molecule has 0 aromatic carbocycles. The highest BCUT2D eigenvalue weighted by Crippen LogP contribution is 2.39. The number of aromatic amines is 1. The van der Waals surface area contributed by atoms with Crippen LogP contribution in [0.2, 0.25) is 0 Å². The van der Waals surface area contributed by atoms with E-state index in [1.54, 1.807) is 6.20 Å². The molecule has 2 saturated carbocycles. The van der Waals surface area contributed by atoms with Crippen molar-refractivity contribution < 1.29 is 13.9 Å². The van der Waals surface area contributed by atoms with Crippen LogP contribution >= 0.6 is 0 Å². The largest absolute Gasteiger partial charge is 0.453 e. The summed E-state index contributed by atoms with van der Waals surface area (Å²) in [6, 6.07) is 1.16. The molecule has 0 saturated heterocycles. The number of ether oxygens (including phenoxy) is 1. The Labute approximate surface area is 125 Å². The Morgan fingerprint density at radius 1 is 1.32 bits per heavy atom. The highest BCUT2D eigenvalue weighted by Gasteiger charge is 2.29. The first kappa shape index (κ1) is 13.2. The lowest BCUT2D eigenvalue weighted by Crippen LogP contribution is -2.17. The van der Waals surface area contributed by atoms with Crippen molar-refractivity contribution in [2.75, 3.05) is 0 Å². The quantitative estimate of drug-likeness (QED) is 0.846. The van der Waals surface area contributed by atoms with E-state index in [0.29, 0.717) is 23.4 Å². The van der Waals surface area contributed by atoms with Gasteiger partial charge in [-0.2, -0.15) is 0 Å². The number of esters is 1. The Hall–Kier alpha value is -2.44. The topological polar surface area (TPSA) is 98.1 Å². The van der Waals surface area contributed by atoms with E-state index in [1.165, 1.54) is 0 Å². The lowest BCUT2D eigenvalue weighted by Gasteiger charge is -2.03. The second-order valence-corrected chi connectivity index (χ2v) is 5.81. The van der Waals surface area contributed by atoms with Gasteiger partial charge in [0.15, 0.2) is 24.0 Å². The van der Waals surface area contributed by atoms with Gasteiger partial charge in [-0.15, -0.1) is 0 Å². The van der Waals surface area contributed by atoms with Gasteiger partial charge in [-0.25, -0.2) is 14.8 Å². The number of aromatic nitrogens is 3. The average molecular weight is 301 g/mol. The Morgan fingerprint density at radius 3 is 2.82 bits per heavy atom. The van der Waals surface area contributed by atoms with Crippen molar-refractivity contribution in [3.05, 3.63) is 45.8 Å². The zero-order valence-electron chi connectivity index (χ0n) is 11.9. The fourth-order valence-corrected chi connectivity index (χ4v) is 2.25. The monoisotopic (exact) mass is 301 g/mol. The smallest absolute Gasteiger partial charge is 0.357 e. The Balaban J connectivity index is 1.43. The van der Waals surface area contributed by atoms with Crippen LogP contribution < -0.4 is 5.56 Å². The fraction of sp³-hybridized carbons (Fsp3) is 0.467. The maximum atomic E-state index is 12.0. The molecule has 0 amide bonds. The van der Waals surface area contributed by atoms with Crippen LogP contribution in [0.5, 0.6) is 0 Å². The van der Waals surface area contributed by atoms with E-state index in [1.807, 2.05) is 0 Å². The molecule has 1 N–H and O–H groups in total. The number of carbonyl (C=O) groups excluding carboxylic acids is 1. The van der Waals surface area contributed by atoms with Crippen molar-refractivity contribution in [2.45, 2.75) is 44.1 Å². The summed E-state index contributed by atoms with van der Waals surface area (Å²) in [5.74, 6) is 1.82. The van der Waals surface area contributed by atoms with Gasteiger partial charge in [-0.1, -0.05) is 0 Å². The number of hydrogen-bond acceptors (Lipinski definition) is 6. The van der Waals surface area contributed by atoms with E-state index in [-0.39, 0.29) is 23.8 Å². The molecule has 0 bridgehead atoms. The number of rotatable bonds is 5. The van der Waals surface area contributed by atoms with Crippen LogP contribution in [-0.2, 0) is 11.3 Å². The van der Waals surface area contributed by atoms with Crippen LogP contribution in [-0.4, -0.2) is 20.9 Å². The number of hydrogen-bond donors (Lipinski definition) is 1. The molecule has 0 atom stereocenters. The van der Waals surface area contributed by atoms with Gasteiger partial charge in [-0.05, 0) is 25.7 Å². The minimum Gasteiger partial charge on any atom is -0.453 e. The molecule has 2 fully saturated rings. The van der Waals surface area contributed by atoms with Crippen molar-refractivity contribution in [1.29, 1.82) is 0 Å². The van der Waals surface area contributed by atoms with Crippen LogP contribution in [0.4, 0.5) is 0 Å². The lowest BCUT2D eigenvalue weighted by atomic mass is 10.3. The lowest BCUT2D eigenvalue weighted by molar-refractivity contribution is 0.0436. The molecule has 7 heteroatoms. The van der Waals surface area contributed by atoms with Gasteiger partial charge < -0.3 is 14.1 Å². The molecule has 0 unspecified atom stereocenters. The molecule has 22 heavy (non-hydrogen) atoms. The molecule has 7 nitrogen and oxygen atoms in total. The third kappa shape index (κ3) is 2.79. The third-order valence-electron chi connectivity index (χ3n) is 3.78. The third-order valence-corrected chi connectivity index (χ3v) is 3.78. The number of oxazole rings is 1. The molecular formula is C15H15N3O4. The first-order valence-corrected chi connectivity index (χ1v) is 7.42. The molecular weight excluding hydrogens is 286 g/mol. The fourth-order valence-electron chi connectivity index (χ4n) is 2.25. The maximum absolute atomic E-state index is 12.0. The summed E-state index contributed by atoms with van der Waals surface area (Å²) >= 11 is 0. The van der Waals surface area contributed by atoms with Crippen molar-refractivity contribution in [3.8, 4) is 0 Å². The SMILES string of the molecule is O=C(OCc1cnc(C2CC2)o1)c1cc(=O)[nH]c(C2CC2)n1. The molecule has 2 aromatic rings. The Kier molecular flexibility index (Phi) is 3.06. The number of H-pyrrole nitrogens is 1. The zero-order chi connectivity index (χ0) is 15.1. The first-order valence-electron chi connectivity index (χ1n) is 7.42. The van der Waals surface area contributed by atoms with Crippen LogP contribution in [0.3, 0.4) is 0 Å². The molecule has 114 valence electrons. The van der Waals surface area contributed by atoms with Gasteiger partial charge in [-0.3, -0.25) is 4.79 Å². The Bertz CT molecular complexity index is 771. The first-order chi connectivity index (χ1) is 10.7. The van der Waals surface area contributed by atoms with Crippen molar-refractivity contribution >= 4 is 5.97 Å². The molecule has 0 aliphatic heterocycles. The highest BCUT2D eigenvalue weighted by atomic mass is 16.5. The summed E-state index contributed by atoms with van der Waals surface area (Å²) in [6.45, 7) is -0.00814. The minimum atomic E-state index is -0.627. The second-order valence-electron chi connectivity index (χ2n) is 5.81. The summed E-state index contributed by atoms with van der Waals surface area (Å²) in [5.41, 5.74) is -0.299. The number of nitrogens with one attached hydrogen (secondary N) is 1. The van der Waals surface area contributed by atoms with Crippen molar-refractivity contribution in [3.63, 3.8) is 0 Å². The zero-order valence-corrected chi connectivity index (χ0v) is 11.9. The molecule has 0 spiro atoms. The summed E-state index contributed by atoms with van der Waals surface area (Å²) in [4.78, 5) is 34.6. The summed E-state index contributed by atoms with van der Waals surface area (Å²) < 4.78 is 10.7. The van der Waals surface area contributed by atoms with E-state index >= 15 is 0 Å². The summed E-state index contributed by atoms with van der Waals surface area (Å²) in [6.07, 6.45) is 5.75. The van der Waals surface area contributed by atoms with Crippen LogP contribution in [0.25, 0.3) is 0 Å². The van der Waals surface area contributed by atoms with E-state index < -0.39 is 5.97 Å². The molecule has 2 aliphatic rings. The molecule has 2 aliphatic carbocycles. The van der Waals surface area contributed by atoms with E-state index in [0.717, 1.165) is 31.7 Å². The summed E-state index contributed by atoms with van der Waals surface area (Å²) in [7, 11) is 0. The van der Waals surface area contributed by atoms with E-state index in [4.69, 9.17) is 9.15 Å². The van der Waals surface area contributed by atoms with Crippen LogP contribution in [0.1, 0.15) is 65.5 Å². The highest BCUT2D eigenvalue weighted by molar-refractivity contribution is 5.87. The van der Waals surface area contributed by atoms with Gasteiger partial charge in [0.25, 0.3) is 5.56 Å². The van der Waals surface area contributed by atoms with Crippen molar-refractivity contribution in [1.82, 2.24) is 15.0 Å². The Morgan fingerprint density at radius 2 is 2.09 bits per heavy atom. The standard InChI is InChI=1S/C15H15N3O4/c19-12-5-11(17-13(18-12)8-1-2-8)15(20)21-7-10-6-16-14(22-10)9-3-4-9/h5-6,8-9H,1-4,7H2,(H,17,18,19). The molecule has 2 heterocycles. The number of nitrogens with zero attached hydrogens (tertiary/aromatic N) is 2. The predicted molar refractivity (Wildman–Crippen MR) is 74.4 cm³/mol. The van der Waals surface area contributed by atoms with Gasteiger partial charge in [0, 0.05) is 17.9 Å².